The zero-order valence-corrected chi connectivity index (χ0v) is 24.1. The lowest BCUT2D eigenvalue weighted by atomic mass is 10.0. The van der Waals surface area contributed by atoms with Gasteiger partial charge in [-0.15, -0.1) is 0 Å². The maximum atomic E-state index is 13.9. The number of benzene rings is 2. The van der Waals surface area contributed by atoms with Gasteiger partial charge in [0.1, 0.15) is 24.1 Å². The number of hydrogen-bond acceptors (Lipinski definition) is 6. The van der Waals surface area contributed by atoms with Gasteiger partial charge in [-0.3, -0.25) is 19.1 Å². The fourth-order valence-electron chi connectivity index (χ4n) is 6.19. The van der Waals surface area contributed by atoms with Gasteiger partial charge in [-0.1, -0.05) is 36.8 Å². The highest BCUT2D eigenvalue weighted by molar-refractivity contribution is 6.07. The number of piperidine rings is 1. The van der Waals surface area contributed by atoms with Crippen LogP contribution < -0.4 is 5.32 Å². The van der Waals surface area contributed by atoms with E-state index in [1.54, 1.807) is 22.0 Å². The zero-order valence-electron chi connectivity index (χ0n) is 24.1. The van der Waals surface area contributed by atoms with Crippen LogP contribution in [0.3, 0.4) is 0 Å². The first-order valence-electron chi connectivity index (χ1n) is 14.0. The SMILES string of the molecule is CC(=O)c1nn(CC(=O)N2[C@H](C(=O)NCc3ccc(C)cc3)C[C@@]3(C)C[C@@H]23)c2c(C)cc(-c3cnc(C)nc3)cc12. The molecule has 3 heterocycles. The number of Topliss-reactive ketones (excluding diaryl/α,β-unsaturated/α-hetero) is 1. The van der Waals surface area contributed by atoms with E-state index >= 15 is 0 Å². The summed E-state index contributed by atoms with van der Waals surface area (Å²) >= 11 is 0. The zero-order chi connectivity index (χ0) is 29.1. The first-order chi connectivity index (χ1) is 19.5. The van der Waals surface area contributed by atoms with Crippen LogP contribution in [0.1, 0.15) is 59.7 Å². The number of hydrogen-bond donors (Lipinski definition) is 1. The van der Waals surface area contributed by atoms with E-state index in [1.165, 1.54) is 6.92 Å². The average molecular weight is 551 g/mol. The molecule has 2 aromatic carbocycles. The second-order valence-electron chi connectivity index (χ2n) is 11.9. The molecule has 1 aliphatic carbocycles. The number of rotatable bonds is 7. The van der Waals surface area contributed by atoms with E-state index in [9.17, 15) is 14.4 Å². The highest BCUT2D eigenvalue weighted by atomic mass is 16.2. The second kappa shape index (κ2) is 9.90. The summed E-state index contributed by atoms with van der Waals surface area (Å²) in [6, 6.07) is 11.5. The Balaban J connectivity index is 1.27. The van der Waals surface area contributed by atoms with Gasteiger partial charge < -0.3 is 10.2 Å². The minimum atomic E-state index is -0.528. The minimum Gasteiger partial charge on any atom is -0.350 e. The summed E-state index contributed by atoms with van der Waals surface area (Å²) in [5.74, 6) is 0.199. The number of carbonyl (C=O) groups is 3. The van der Waals surface area contributed by atoms with Crippen LogP contribution in [-0.2, 0) is 22.7 Å². The van der Waals surface area contributed by atoms with Gasteiger partial charge in [-0.25, -0.2) is 9.97 Å². The summed E-state index contributed by atoms with van der Waals surface area (Å²) in [6.45, 7) is 9.79. The Kier molecular flexibility index (Phi) is 6.47. The third-order valence-corrected chi connectivity index (χ3v) is 8.58. The highest BCUT2D eigenvalue weighted by Gasteiger charge is 2.64. The van der Waals surface area contributed by atoms with Crippen LogP contribution in [0.2, 0.25) is 0 Å². The third-order valence-electron chi connectivity index (χ3n) is 8.58. The van der Waals surface area contributed by atoms with Crippen LogP contribution in [0, 0.1) is 26.2 Å². The number of carbonyl (C=O) groups excluding carboxylic acids is 3. The van der Waals surface area contributed by atoms with Crippen molar-refractivity contribution < 1.29 is 14.4 Å². The van der Waals surface area contributed by atoms with Gasteiger partial charge >= 0.3 is 0 Å². The van der Waals surface area contributed by atoms with Crippen molar-refractivity contribution in [3.05, 3.63) is 77.0 Å². The predicted octanol–water partition coefficient (Wildman–Crippen LogP) is 4.32. The maximum Gasteiger partial charge on any atom is 0.245 e. The van der Waals surface area contributed by atoms with Gasteiger partial charge in [0.25, 0.3) is 0 Å². The number of nitrogens with one attached hydrogen (secondary N) is 1. The molecule has 0 spiro atoms. The van der Waals surface area contributed by atoms with Crippen molar-refractivity contribution in [2.24, 2.45) is 5.41 Å². The summed E-state index contributed by atoms with van der Waals surface area (Å²) in [6.07, 6.45) is 5.05. The molecule has 41 heavy (non-hydrogen) atoms. The lowest BCUT2D eigenvalue weighted by Gasteiger charge is -2.27. The quantitative estimate of drug-likeness (QED) is 0.343. The van der Waals surface area contributed by atoms with Gasteiger partial charge in [0.15, 0.2) is 5.78 Å². The monoisotopic (exact) mass is 550 g/mol. The molecule has 2 fully saturated rings. The maximum absolute atomic E-state index is 13.9. The largest absolute Gasteiger partial charge is 0.350 e. The van der Waals surface area contributed by atoms with E-state index < -0.39 is 6.04 Å². The van der Waals surface area contributed by atoms with Crippen LogP contribution in [0.15, 0.2) is 48.8 Å². The first kappa shape index (κ1) is 26.8. The summed E-state index contributed by atoms with van der Waals surface area (Å²) < 4.78 is 1.62. The summed E-state index contributed by atoms with van der Waals surface area (Å²) in [4.78, 5) is 50.2. The van der Waals surface area contributed by atoms with Crippen LogP contribution in [0.25, 0.3) is 22.0 Å². The van der Waals surface area contributed by atoms with Gasteiger partial charge in [-0.2, -0.15) is 5.10 Å². The summed E-state index contributed by atoms with van der Waals surface area (Å²) in [5.41, 5.74) is 5.79. The molecule has 2 amide bonds. The molecule has 1 saturated carbocycles. The van der Waals surface area contributed by atoms with E-state index in [-0.39, 0.29) is 35.6 Å². The number of aromatic nitrogens is 4. The number of aryl methyl sites for hydroxylation is 3. The molecule has 0 radical (unpaired) electrons. The van der Waals surface area contributed by atoms with Gasteiger partial charge in [0, 0.05) is 42.9 Å². The summed E-state index contributed by atoms with van der Waals surface area (Å²) in [5, 5.41) is 8.33. The number of likely N-dealkylation sites (tertiary alicyclic amines) is 1. The number of amides is 2. The van der Waals surface area contributed by atoms with Crippen LogP contribution in [0.4, 0.5) is 0 Å². The number of ketones is 1. The fourth-order valence-corrected chi connectivity index (χ4v) is 6.19. The molecular weight excluding hydrogens is 516 g/mol. The molecule has 9 nitrogen and oxygen atoms in total. The molecule has 2 aromatic heterocycles. The van der Waals surface area contributed by atoms with E-state index in [4.69, 9.17) is 0 Å². The molecular formula is C32H34N6O3. The number of nitrogens with zero attached hydrogens (tertiary/aromatic N) is 5. The standard InChI is InChI=1S/C32H34N6O3/c1-18-6-8-22(9-7-18)14-35-31(41)26-12-32(5)13-27(32)38(26)28(40)17-37-30-19(2)10-23(24-15-33-21(4)34-16-24)11-25(30)29(36-37)20(3)39/h6-11,15-16,26-27H,12-14,17H2,1-5H3,(H,35,41)/t26-,27+,32-/m0/s1. The third kappa shape index (κ3) is 4.90. The molecule has 0 bridgehead atoms. The van der Waals surface area contributed by atoms with Gasteiger partial charge in [0.2, 0.25) is 11.8 Å². The van der Waals surface area contributed by atoms with Gasteiger partial charge in [0.05, 0.1) is 5.52 Å². The normalized spacial score (nSPS) is 21.1. The average Bonchev–Trinajstić information content (AvgIpc) is 3.29. The first-order valence-corrected chi connectivity index (χ1v) is 14.0. The van der Waals surface area contributed by atoms with Crippen molar-refractivity contribution in [1.29, 1.82) is 0 Å². The molecule has 1 N–H and O–H groups in total. The van der Waals surface area contributed by atoms with Crippen LogP contribution >= 0.6 is 0 Å². The van der Waals surface area contributed by atoms with Gasteiger partial charge in [-0.05, 0) is 67.9 Å². The van der Waals surface area contributed by atoms with E-state index in [0.717, 1.165) is 39.8 Å². The lowest BCUT2D eigenvalue weighted by molar-refractivity contribution is -0.140. The Morgan fingerprint density at radius 3 is 2.39 bits per heavy atom. The smallest absolute Gasteiger partial charge is 0.245 e. The molecule has 4 aromatic rings. The molecule has 1 saturated heterocycles. The lowest BCUT2D eigenvalue weighted by Crippen LogP contribution is -2.48. The van der Waals surface area contributed by atoms with Crippen molar-refractivity contribution in [3.63, 3.8) is 0 Å². The summed E-state index contributed by atoms with van der Waals surface area (Å²) in [7, 11) is 0. The van der Waals surface area contributed by atoms with Crippen molar-refractivity contribution in [1.82, 2.24) is 30.0 Å². The fraction of sp³-hybridized carbons (Fsp3) is 0.375. The minimum absolute atomic E-state index is 0.0356. The molecule has 210 valence electrons. The van der Waals surface area contributed by atoms with Crippen molar-refractivity contribution in [3.8, 4) is 11.1 Å². The van der Waals surface area contributed by atoms with E-state index in [1.807, 2.05) is 57.2 Å². The Labute approximate surface area is 239 Å². The Morgan fingerprint density at radius 2 is 1.71 bits per heavy atom. The van der Waals surface area contributed by atoms with Crippen molar-refractivity contribution in [2.45, 2.75) is 72.6 Å². The highest BCUT2D eigenvalue weighted by Crippen LogP contribution is 2.59. The van der Waals surface area contributed by atoms with Crippen LogP contribution in [0.5, 0.6) is 0 Å². The molecule has 3 atom stereocenters. The molecule has 6 rings (SSSR count). The molecule has 9 heteroatoms. The van der Waals surface area contributed by atoms with E-state index in [2.05, 4.69) is 27.3 Å². The van der Waals surface area contributed by atoms with Crippen molar-refractivity contribution in [2.75, 3.05) is 0 Å². The molecule has 1 aliphatic heterocycles. The second-order valence-corrected chi connectivity index (χ2v) is 11.9. The number of fused-ring (bicyclic) bond motifs is 2. The Morgan fingerprint density at radius 1 is 1.00 bits per heavy atom. The topological polar surface area (TPSA) is 110 Å². The van der Waals surface area contributed by atoms with E-state index in [0.29, 0.717) is 29.9 Å². The van der Waals surface area contributed by atoms with Crippen molar-refractivity contribution >= 4 is 28.5 Å². The van der Waals surface area contributed by atoms with Crippen LogP contribution in [-0.4, -0.2) is 54.3 Å². The molecule has 2 aliphatic rings. The molecule has 0 unspecified atom stereocenters. The predicted molar refractivity (Wildman–Crippen MR) is 155 cm³/mol. The Bertz CT molecular complexity index is 1690. The Hall–Kier alpha value is -4.40.